The number of carbonyl (C=O) groups excluding carboxylic acids is 2. The molecule has 18 heavy (non-hydrogen) atoms. The summed E-state index contributed by atoms with van der Waals surface area (Å²) in [4.78, 5) is 26.1. The Labute approximate surface area is 110 Å². The van der Waals surface area contributed by atoms with Gasteiger partial charge in [0.1, 0.15) is 0 Å². The van der Waals surface area contributed by atoms with E-state index in [1.807, 2.05) is 0 Å². The average molecular weight is 261 g/mol. The zero-order valence-corrected chi connectivity index (χ0v) is 11.7. The molecular formula is C11H27N5O2. The molecule has 0 amide bonds. The third-order valence-corrected chi connectivity index (χ3v) is 1.42. The Morgan fingerprint density at radius 2 is 0.944 bits per heavy atom. The number of hydrogen-bond acceptors (Lipinski definition) is 7. The summed E-state index contributed by atoms with van der Waals surface area (Å²) in [6.07, 6.45) is 6.80. The zero-order valence-electron chi connectivity index (χ0n) is 11.7. The van der Waals surface area contributed by atoms with Crippen LogP contribution in [0.15, 0.2) is 9.98 Å². The van der Waals surface area contributed by atoms with Gasteiger partial charge in [-0.2, -0.15) is 0 Å². The highest BCUT2D eigenvalue weighted by atomic mass is 16.1. The van der Waals surface area contributed by atoms with E-state index in [1.54, 1.807) is 0 Å². The molecule has 0 rings (SSSR count). The third kappa shape index (κ3) is 46.7. The van der Waals surface area contributed by atoms with Crippen LogP contribution in [0, 0.1) is 0 Å². The Kier molecular flexibility index (Phi) is 63.6. The predicted octanol–water partition coefficient (Wildman–Crippen LogP) is -0.0569. The largest absolute Gasteiger partial charge is 0.333 e. The molecule has 0 bridgehead atoms. The lowest BCUT2D eigenvalue weighted by Gasteiger charge is -1.93. The second-order valence-corrected chi connectivity index (χ2v) is 2.36. The number of aliphatic imine (C=N–C) groups is 2. The maximum Gasteiger partial charge on any atom is 0.234 e. The molecule has 0 unspecified atom stereocenters. The molecule has 6 N–H and O–H groups in total. The van der Waals surface area contributed by atoms with Crippen molar-refractivity contribution < 1.29 is 9.59 Å². The van der Waals surface area contributed by atoms with Gasteiger partial charge in [-0.05, 0) is 34.0 Å². The molecule has 0 atom stereocenters. The first kappa shape index (κ1) is 25.5. The molecule has 0 spiro atoms. The molecule has 0 saturated carbocycles. The molecule has 0 radical (unpaired) electrons. The van der Waals surface area contributed by atoms with Crippen LogP contribution in [-0.4, -0.2) is 46.4 Å². The molecule has 0 aliphatic heterocycles. The smallest absolute Gasteiger partial charge is 0.234 e. The fourth-order valence-electron chi connectivity index (χ4n) is 0.827. The highest BCUT2D eigenvalue weighted by Crippen LogP contribution is 1.99. The van der Waals surface area contributed by atoms with Crippen molar-refractivity contribution >= 4 is 12.2 Å². The molecule has 0 aliphatic carbocycles. The van der Waals surface area contributed by atoms with E-state index in [0.29, 0.717) is 13.1 Å². The van der Waals surface area contributed by atoms with Crippen molar-refractivity contribution in [3.8, 4) is 0 Å². The Morgan fingerprint density at radius 3 is 1.17 bits per heavy atom. The third-order valence-electron chi connectivity index (χ3n) is 1.42. The van der Waals surface area contributed by atoms with Crippen LogP contribution in [0.25, 0.3) is 0 Å². The van der Waals surface area contributed by atoms with Crippen LogP contribution in [0.1, 0.15) is 25.7 Å². The van der Waals surface area contributed by atoms with Gasteiger partial charge in [0.15, 0.2) is 0 Å². The van der Waals surface area contributed by atoms with Crippen molar-refractivity contribution in [2.75, 3.05) is 34.2 Å². The lowest BCUT2D eigenvalue weighted by Crippen LogP contribution is -1.84. The minimum absolute atomic E-state index is 0.556. The number of rotatable bonds is 7. The van der Waals surface area contributed by atoms with E-state index < -0.39 is 0 Å². The second-order valence-electron chi connectivity index (χ2n) is 2.36. The van der Waals surface area contributed by atoms with Crippen LogP contribution in [0.4, 0.5) is 0 Å². The van der Waals surface area contributed by atoms with Crippen molar-refractivity contribution in [2.24, 2.45) is 27.2 Å². The van der Waals surface area contributed by atoms with Crippen LogP contribution in [-0.2, 0) is 9.59 Å². The Morgan fingerprint density at radius 1 is 0.667 bits per heavy atom. The number of nitrogens with two attached hydrogens (primary N) is 3. The minimum Gasteiger partial charge on any atom is -0.333 e. The standard InChI is InChI=1S/C8H12N2O2.3CH5N/c11-7-9-5-3-1-2-4-6-10-8-12;3*1-2/h1-6H2;3*2H2,1H3. The number of isocyanates is 2. The van der Waals surface area contributed by atoms with E-state index in [2.05, 4.69) is 27.2 Å². The normalized spacial score (nSPS) is 6.56. The Hall–Kier alpha value is -1.36. The van der Waals surface area contributed by atoms with Crippen molar-refractivity contribution in [2.45, 2.75) is 25.7 Å². The monoisotopic (exact) mass is 261 g/mol. The number of unbranched alkanes of at least 4 members (excludes halogenated alkanes) is 3. The van der Waals surface area contributed by atoms with Gasteiger partial charge in [-0.3, -0.25) is 0 Å². The zero-order chi connectivity index (χ0) is 15.1. The molecule has 0 aromatic heterocycles. The number of nitrogens with zero attached hydrogens (tertiary/aromatic N) is 2. The van der Waals surface area contributed by atoms with Crippen molar-refractivity contribution in [1.29, 1.82) is 0 Å². The van der Waals surface area contributed by atoms with E-state index in [1.165, 1.54) is 33.3 Å². The van der Waals surface area contributed by atoms with Gasteiger partial charge in [0, 0.05) is 0 Å². The summed E-state index contributed by atoms with van der Waals surface area (Å²) < 4.78 is 0. The minimum atomic E-state index is 0.556. The Bertz CT molecular complexity index is 178. The molecular weight excluding hydrogens is 234 g/mol. The average Bonchev–Trinajstić information content (AvgIpc) is 2.48. The molecule has 0 aromatic rings. The molecule has 108 valence electrons. The van der Waals surface area contributed by atoms with Gasteiger partial charge in [0.25, 0.3) is 0 Å². The van der Waals surface area contributed by atoms with Crippen LogP contribution in [0.5, 0.6) is 0 Å². The summed E-state index contributed by atoms with van der Waals surface area (Å²) in [5.74, 6) is 0. The van der Waals surface area contributed by atoms with Crippen LogP contribution < -0.4 is 17.2 Å². The van der Waals surface area contributed by atoms with Crippen molar-refractivity contribution in [3.63, 3.8) is 0 Å². The van der Waals surface area contributed by atoms with Gasteiger partial charge >= 0.3 is 0 Å². The summed E-state index contributed by atoms with van der Waals surface area (Å²) in [6, 6.07) is 0. The molecule has 0 saturated heterocycles. The second kappa shape index (κ2) is 44.9. The van der Waals surface area contributed by atoms with Crippen molar-refractivity contribution in [3.05, 3.63) is 0 Å². The molecule has 0 heterocycles. The summed E-state index contributed by atoms with van der Waals surface area (Å²) >= 11 is 0. The van der Waals surface area contributed by atoms with Crippen molar-refractivity contribution in [1.82, 2.24) is 0 Å². The van der Waals surface area contributed by atoms with E-state index in [0.717, 1.165) is 25.7 Å². The van der Waals surface area contributed by atoms with Gasteiger partial charge < -0.3 is 17.2 Å². The molecule has 7 nitrogen and oxygen atoms in total. The number of hydrogen-bond donors (Lipinski definition) is 3. The highest BCUT2D eigenvalue weighted by Gasteiger charge is 1.87. The van der Waals surface area contributed by atoms with Crippen LogP contribution in [0.3, 0.4) is 0 Å². The quantitative estimate of drug-likeness (QED) is 0.335. The van der Waals surface area contributed by atoms with Gasteiger partial charge in [-0.15, -0.1) is 0 Å². The fourth-order valence-corrected chi connectivity index (χ4v) is 0.827. The van der Waals surface area contributed by atoms with E-state index in [-0.39, 0.29) is 0 Å². The summed E-state index contributed by atoms with van der Waals surface area (Å²) in [5, 5.41) is 0. The molecule has 7 heteroatoms. The van der Waals surface area contributed by atoms with E-state index >= 15 is 0 Å². The highest BCUT2D eigenvalue weighted by molar-refractivity contribution is 5.32. The van der Waals surface area contributed by atoms with Crippen LogP contribution in [0.2, 0.25) is 0 Å². The predicted molar refractivity (Wildman–Crippen MR) is 74.8 cm³/mol. The summed E-state index contributed by atoms with van der Waals surface area (Å²) in [7, 11) is 4.50. The van der Waals surface area contributed by atoms with Gasteiger partial charge in [-0.25, -0.2) is 19.6 Å². The fraction of sp³-hybridized carbons (Fsp3) is 0.818. The van der Waals surface area contributed by atoms with Gasteiger partial charge in [-0.1, -0.05) is 12.8 Å². The maximum atomic E-state index is 9.63. The van der Waals surface area contributed by atoms with Gasteiger partial charge in [0.2, 0.25) is 12.2 Å². The van der Waals surface area contributed by atoms with E-state index in [4.69, 9.17) is 0 Å². The van der Waals surface area contributed by atoms with Crippen LogP contribution >= 0.6 is 0 Å². The lowest BCUT2D eigenvalue weighted by atomic mass is 10.2. The van der Waals surface area contributed by atoms with E-state index in [9.17, 15) is 9.59 Å². The Balaban J connectivity index is -0.000000141. The maximum absolute atomic E-state index is 9.63. The lowest BCUT2D eigenvalue weighted by molar-refractivity contribution is 0.558. The summed E-state index contributed by atoms with van der Waals surface area (Å²) in [6.45, 7) is 1.11. The topological polar surface area (TPSA) is 137 Å². The molecule has 0 aliphatic rings. The molecule has 0 aromatic carbocycles. The first-order chi connectivity index (χ1) is 8.91. The SMILES string of the molecule is CN.CN.CN.O=C=NCCCCCCN=C=O. The van der Waals surface area contributed by atoms with Gasteiger partial charge in [0.05, 0.1) is 13.1 Å². The summed E-state index contributed by atoms with van der Waals surface area (Å²) in [5.41, 5.74) is 13.5. The first-order valence-electron chi connectivity index (χ1n) is 5.72. The first-order valence-corrected chi connectivity index (χ1v) is 5.72. The molecule has 0 fully saturated rings.